The molecule has 0 aromatic rings. The van der Waals surface area contributed by atoms with Crippen molar-refractivity contribution in [2.75, 3.05) is 0 Å². The van der Waals surface area contributed by atoms with Crippen molar-refractivity contribution in [2.24, 2.45) is 40.9 Å². The molecule has 0 radical (unpaired) electrons. The zero-order chi connectivity index (χ0) is 22.4. The second-order valence-corrected chi connectivity index (χ2v) is 11.0. The van der Waals surface area contributed by atoms with Crippen LogP contribution in [0.4, 0.5) is 0 Å². The molecule has 0 heterocycles. The quantitative estimate of drug-likeness (QED) is 0.463. The first kappa shape index (κ1) is 22.6. The molecule has 0 aromatic heterocycles. The fourth-order valence-corrected chi connectivity index (χ4v) is 8.12. The van der Waals surface area contributed by atoms with Crippen molar-refractivity contribution in [1.82, 2.24) is 0 Å². The molecule has 0 spiro atoms. The standard InChI is InChI=1S/C27H38O4/c1-4-6-7-8-21(25(29)30)22-16-18(28)15-17-9-10-19-20(24(17)22)11-13-26(3)23(19)12-14-27(26,31)5-2/h2,15,19-24,31H,4,6-14,16H2,1,3H3,(H,29,30)/t19-,20+,21?,22?,23+,24-,26+,27+/m1/s1. The number of carboxylic acids is 1. The van der Waals surface area contributed by atoms with Gasteiger partial charge in [-0.2, -0.15) is 0 Å². The van der Waals surface area contributed by atoms with E-state index in [1.165, 1.54) is 5.57 Å². The van der Waals surface area contributed by atoms with Crippen LogP contribution in [0.1, 0.15) is 84.5 Å². The lowest BCUT2D eigenvalue weighted by atomic mass is 9.48. The Labute approximate surface area is 186 Å². The van der Waals surface area contributed by atoms with E-state index in [-0.39, 0.29) is 23.0 Å². The third kappa shape index (κ3) is 3.58. The summed E-state index contributed by atoms with van der Waals surface area (Å²) in [6.45, 7) is 4.31. The van der Waals surface area contributed by atoms with Gasteiger partial charge in [-0.25, -0.2) is 0 Å². The van der Waals surface area contributed by atoms with Gasteiger partial charge < -0.3 is 10.2 Å². The Bertz CT molecular complexity index is 807. The van der Waals surface area contributed by atoms with E-state index in [4.69, 9.17) is 6.42 Å². The molecule has 3 saturated carbocycles. The maximum absolute atomic E-state index is 12.6. The molecular formula is C27H38O4. The molecule has 0 saturated heterocycles. The summed E-state index contributed by atoms with van der Waals surface area (Å²) in [4.78, 5) is 24.9. The molecule has 2 N–H and O–H groups in total. The zero-order valence-corrected chi connectivity index (χ0v) is 19.1. The number of carbonyl (C=O) groups excluding carboxylic acids is 1. The number of ketones is 1. The average Bonchev–Trinajstić information content (AvgIpc) is 3.01. The van der Waals surface area contributed by atoms with Gasteiger partial charge in [0.15, 0.2) is 5.78 Å². The van der Waals surface area contributed by atoms with Gasteiger partial charge in [-0.05, 0) is 80.6 Å². The summed E-state index contributed by atoms with van der Waals surface area (Å²) < 4.78 is 0. The van der Waals surface area contributed by atoms with Gasteiger partial charge in [0.25, 0.3) is 0 Å². The number of fused-ring (bicyclic) bond motifs is 5. The third-order valence-electron chi connectivity index (χ3n) is 9.74. The molecule has 170 valence electrons. The number of rotatable bonds is 6. The maximum atomic E-state index is 12.6. The van der Waals surface area contributed by atoms with Crippen LogP contribution in [-0.4, -0.2) is 27.6 Å². The van der Waals surface area contributed by atoms with Crippen molar-refractivity contribution in [3.05, 3.63) is 11.6 Å². The van der Waals surface area contributed by atoms with Gasteiger partial charge in [0.1, 0.15) is 5.60 Å². The number of unbranched alkanes of at least 4 members (excludes halogenated alkanes) is 2. The van der Waals surface area contributed by atoms with Crippen LogP contribution in [0, 0.1) is 53.3 Å². The van der Waals surface area contributed by atoms with Gasteiger partial charge in [-0.15, -0.1) is 6.42 Å². The van der Waals surface area contributed by atoms with E-state index in [0.29, 0.717) is 37.0 Å². The van der Waals surface area contributed by atoms with Crippen molar-refractivity contribution >= 4 is 11.8 Å². The molecule has 0 bridgehead atoms. The summed E-state index contributed by atoms with van der Waals surface area (Å²) >= 11 is 0. The monoisotopic (exact) mass is 426 g/mol. The number of aliphatic hydroxyl groups is 1. The van der Waals surface area contributed by atoms with Crippen LogP contribution in [0.3, 0.4) is 0 Å². The highest BCUT2D eigenvalue weighted by molar-refractivity contribution is 5.92. The number of carboxylic acid groups (broad SMARTS) is 1. The Kier molecular flexibility index (Phi) is 6.12. The van der Waals surface area contributed by atoms with Crippen molar-refractivity contribution in [3.8, 4) is 12.3 Å². The van der Waals surface area contributed by atoms with Crippen molar-refractivity contribution < 1.29 is 19.8 Å². The van der Waals surface area contributed by atoms with Gasteiger partial charge in [0, 0.05) is 11.8 Å². The number of aliphatic carboxylic acids is 1. The normalized spacial score (nSPS) is 42.6. The number of hydrogen-bond acceptors (Lipinski definition) is 3. The van der Waals surface area contributed by atoms with Crippen LogP contribution in [0.15, 0.2) is 11.6 Å². The van der Waals surface area contributed by atoms with Gasteiger partial charge in [0.05, 0.1) is 5.92 Å². The lowest BCUT2D eigenvalue weighted by Gasteiger charge is -2.56. The maximum Gasteiger partial charge on any atom is 0.306 e. The van der Waals surface area contributed by atoms with Crippen LogP contribution in [-0.2, 0) is 9.59 Å². The van der Waals surface area contributed by atoms with E-state index in [1.807, 2.05) is 6.08 Å². The third-order valence-corrected chi connectivity index (χ3v) is 9.74. The predicted molar refractivity (Wildman–Crippen MR) is 120 cm³/mol. The van der Waals surface area contributed by atoms with E-state index in [9.17, 15) is 19.8 Å². The SMILES string of the molecule is C#C[C@]1(O)CC[C@H]2[C@@H]3CCC4=CC(=O)CC(C(CCCCC)C(=O)O)[C@H]4[C@H]3CC[C@@]21C. The topological polar surface area (TPSA) is 74.6 Å². The first-order valence-corrected chi connectivity index (χ1v) is 12.4. The number of allylic oxidation sites excluding steroid dienone is 1. The zero-order valence-electron chi connectivity index (χ0n) is 19.1. The molecule has 4 nitrogen and oxygen atoms in total. The highest BCUT2D eigenvalue weighted by Gasteiger charge is 2.62. The van der Waals surface area contributed by atoms with Crippen LogP contribution < -0.4 is 0 Å². The molecule has 31 heavy (non-hydrogen) atoms. The highest BCUT2D eigenvalue weighted by Crippen LogP contribution is 2.65. The molecule has 3 fully saturated rings. The number of hydrogen-bond donors (Lipinski definition) is 2. The van der Waals surface area contributed by atoms with Crippen molar-refractivity contribution in [1.29, 1.82) is 0 Å². The Morgan fingerprint density at radius 1 is 1.26 bits per heavy atom. The van der Waals surface area contributed by atoms with Gasteiger partial charge in [-0.3, -0.25) is 9.59 Å². The summed E-state index contributed by atoms with van der Waals surface area (Å²) in [5.74, 6) is 3.02. The Hall–Kier alpha value is -1.60. The van der Waals surface area contributed by atoms with E-state index in [0.717, 1.165) is 51.4 Å². The van der Waals surface area contributed by atoms with E-state index < -0.39 is 17.5 Å². The summed E-state index contributed by atoms with van der Waals surface area (Å²) in [7, 11) is 0. The Morgan fingerprint density at radius 3 is 2.71 bits per heavy atom. The Morgan fingerprint density at radius 2 is 2.03 bits per heavy atom. The number of carbonyl (C=O) groups is 2. The smallest absolute Gasteiger partial charge is 0.306 e. The molecule has 0 amide bonds. The van der Waals surface area contributed by atoms with Crippen LogP contribution in [0.25, 0.3) is 0 Å². The summed E-state index contributed by atoms with van der Waals surface area (Å²) in [5.41, 5.74) is -0.0694. The Balaban J connectivity index is 1.64. The molecule has 0 aromatic carbocycles. The predicted octanol–water partition coefficient (Wildman–Crippen LogP) is 5.00. The van der Waals surface area contributed by atoms with Gasteiger partial charge in [-0.1, -0.05) is 44.6 Å². The van der Waals surface area contributed by atoms with Gasteiger partial charge in [0.2, 0.25) is 0 Å². The lowest BCUT2D eigenvalue weighted by Crippen LogP contribution is -2.53. The molecular weight excluding hydrogens is 388 g/mol. The van der Waals surface area contributed by atoms with Gasteiger partial charge >= 0.3 is 5.97 Å². The molecule has 4 aliphatic rings. The van der Waals surface area contributed by atoms with E-state index >= 15 is 0 Å². The second kappa shape index (κ2) is 8.39. The summed E-state index contributed by atoms with van der Waals surface area (Å²) in [6.07, 6.45) is 17.1. The molecule has 4 rings (SSSR count). The minimum Gasteiger partial charge on any atom is -0.481 e. The molecule has 4 heteroatoms. The summed E-state index contributed by atoms with van der Waals surface area (Å²) in [6, 6.07) is 0. The molecule has 8 atom stereocenters. The number of terminal acetylenes is 1. The van der Waals surface area contributed by atoms with Crippen LogP contribution in [0.5, 0.6) is 0 Å². The summed E-state index contributed by atoms with van der Waals surface area (Å²) in [5, 5.41) is 21.3. The lowest BCUT2D eigenvalue weighted by molar-refractivity contribution is -0.147. The fourth-order valence-electron chi connectivity index (χ4n) is 8.12. The van der Waals surface area contributed by atoms with Crippen molar-refractivity contribution in [2.45, 2.75) is 90.1 Å². The second-order valence-electron chi connectivity index (χ2n) is 11.0. The molecule has 0 aliphatic heterocycles. The highest BCUT2D eigenvalue weighted by atomic mass is 16.4. The van der Waals surface area contributed by atoms with Crippen LogP contribution >= 0.6 is 0 Å². The fraction of sp³-hybridized carbons (Fsp3) is 0.778. The molecule has 4 aliphatic carbocycles. The first-order valence-electron chi connectivity index (χ1n) is 12.4. The molecule has 2 unspecified atom stereocenters. The minimum atomic E-state index is -1.02. The average molecular weight is 427 g/mol. The van der Waals surface area contributed by atoms with Crippen LogP contribution in [0.2, 0.25) is 0 Å². The largest absolute Gasteiger partial charge is 0.481 e. The minimum absolute atomic E-state index is 0.0908. The first-order chi connectivity index (χ1) is 14.8. The van der Waals surface area contributed by atoms with E-state index in [2.05, 4.69) is 19.8 Å². The van der Waals surface area contributed by atoms with Crippen molar-refractivity contribution in [3.63, 3.8) is 0 Å². The van der Waals surface area contributed by atoms with E-state index in [1.54, 1.807) is 0 Å².